The molecule has 26 heavy (non-hydrogen) atoms. The Morgan fingerprint density at radius 3 is 2.69 bits per heavy atom. The summed E-state index contributed by atoms with van der Waals surface area (Å²) in [7, 11) is 1.79. The third kappa shape index (κ3) is 8.39. The van der Waals surface area contributed by atoms with E-state index in [2.05, 4.69) is 32.8 Å². The molecule has 148 valence electrons. The maximum absolute atomic E-state index is 11.8. The van der Waals surface area contributed by atoms with Gasteiger partial charge in [-0.1, -0.05) is 6.92 Å². The van der Waals surface area contributed by atoms with Crippen LogP contribution < -0.4 is 16.0 Å². The van der Waals surface area contributed by atoms with Crippen LogP contribution in [0.15, 0.2) is 27.8 Å². The highest BCUT2D eigenvalue weighted by Gasteiger charge is 2.21. The number of carbonyl (C=O) groups is 1. The highest BCUT2D eigenvalue weighted by Crippen LogP contribution is 2.09. The Kier molecular flexibility index (Phi) is 11.3. The molecule has 8 heteroatoms. The van der Waals surface area contributed by atoms with E-state index in [1.807, 2.05) is 12.1 Å². The minimum atomic E-state index is 0. The maximum atomic E-state index is 11.8. The van der Waals surface area contributed by atoms with Crippen LogP contribution in [0.25, 0.3) is 0 Å². The molecule has 7 nitrogen and oxygen atoms in total. The van der Waals surface area contributed by atoms with E-state index >= 15 is 0 Å². The van der Waals surface area contributed by atoms with Crippen LogP contribution in [-0.2, 0) is 11.2 Å². The van der Waals surface area contributed by atoms with Crippen LogP contribution in [0.5, 0.6) is 0 Å². The van der Waals surface area contributed by atoms with Gasteiger partial charge in [0.2, 0.25) is 5.91 Å². The smallest absolute Gasteiger partial charge is 0.234 e. The third-order valence-corrected chi connectivity index (χ3v) is 4.34. The van der Waals surface area contributed by atoms with E-state index in [1.165, 1.54) is 0 Å². The lowest BCUT2D eigenvalue weighted by Gasteiger charge is -2.32. The standard InChI is InChI=1S/C18H31N5O2.HI/c1-3-9-20-17(24)14-23-11-7-15(8-12-23)22-18(19-2)21-10-6-16-5-4-13-25-16;/h4-5,13,15H,3,6-12,14H2,1-2H3,(H,20,24)(H2,19,21,22);1H. The summed E-state index contributed by atoms with van der Waals surface area (Å²) >= 11 is 0. The van der Waals surface area contributed by atoms with Crippen LogP contribution in [0.1, 0.15) is 31.9 Å². The second-order valence-corrected chi connectivity index (χ2v) is 6.37. The predicted molar refractivity (Wildman–Crippen MR) is 115 cm³/mol. The van der Waals surface area contributed by atoms with Crippen LogP contribution in [0, 0.1) is 0 Å². The van der Waals surface area contributed by atoms with Crippen LogP contribution in [0.3, 0.4) is 0 Å². The molecular weight excluding hydrogens is 445 g/mol. The SMILES string of the molecule is CCCNC(=O)CN1CCC(NC(=NC)NCCc2ccco2)CC1.I. The Morgan fingerprint density at radius 2 is 2.08 bits per heavy atom. The molecule has 1 aromatic heterocycles. The summed E-state index contributed by atoms with van der Waals surface area (Å²) in [5, 5.41) is 9.73. The van der Waals surface area contributed by atoms with Gasteiger partial charge in [0.05, 0.1) is 12.8 Å². The van der Waals surface area contributed by atoms with Crippen molar-refractivity contribution >= 4 is 35.8 Å². The Labute approximate surface area is 173 Å². The molecule has 3 N–H and O–H groups in total. The van der Waals surface area contributed by atoms with Gasteiger partial charge < -0.3 is 20.4 Å². The molecule has 0 unspecified atom stereocenters. The number of furan rings is 1. The number of hydrogen-bond acceptors (Lipinski definition) is 4. The fourth-order valence-electron chi connectivity index (χ4n) is 2.91. The second kappa shape index (κ2) is 13.0. The van der Waals surface area contributed by atoms with Gasteiger partial charge in [0.25, 0.3) is 0 Å². The molecule has 1 aliphatic rings. The molecule has 2 heterocycles. The minimum absolute atomic E-state index is 0. The molecule has 2 rings (SSSR count). The van der Waals surface area contributed by atoms with Gasteiger partial charge in [-0.3, -0.25) is 14.7 Å². The molecule has 1 fully saturated rings. The highest BCUT2D eigenvalue weighted by molar-refractivity contribution is 14.0. The van der Waals surface area contributed by atoms with Gasteiger partial charge in [0.1, 0.15) is 5.76 Å². The number of guanidine groups is 1. The second-order valence-electron chi connectivity index (χ2n) is 6.37. The molecule has 0 spiro atoms. The molecular formula is C18H32IN5O2. The van der Waals surface area contributed by atoms with Gasteiger partial charge in [0, 0.05) is 45.7 Å². The Morgan fingerprint density at radius 1 is 1.31 bits per heavy atom. The molecule has 0 radical (unpaired) electrons. The van der Waals surface area contributed by atoms with Crippen molar-refractivity contribution < 1.29 is 9.21 Å². The molecule has 0 aromatic carbocycles. The van der Waals surface area contributed by atoms with E-state index in [0.29, 0.717) is 12.6 Å². The highest BCUT2D eigenvalue weighted by atomic mass is 127. The number of carbonyl (C=O) groups excluding carboxylic acids is 1. The topological polar surface area (TPSA) is 81.9 Å². The average molecular weight is 477 g/mol. The summed E-state index contributed by atoms with van der Waals surface area (Å²) in [4.78, 5) is 18.3. The first-order chi connectivity index (χ1) is 12.2. The fraction of sp³-hybridized carbons (Fsp3) is 0.667. The van der Waals surface area contributed by atoms with Gasteiger partial charge in [-0.15, -0.1) is 24.0 Å². The van der Waals surface area contributed by atoms with Crippen molar-refractivity contribution in [2.24, 2.45) is 4.99 Å². The first-order valence-corrected chi connectivity index (χ1v) is 9.20. The minimum Gasteiger partial charge on any atom is -0.469 e. The third-order valence-electron chi connectivity index (χ3n) is 4.34. The van der Waals surface area contributed by atoms with Gasteiger partial charge in [-0.05, 0) is 31.4 Å². The van der Waals surface area contributed by atoms with Crippen LogP contribution in [-0.4, -0.2) is 62.6 Å². The molecule has 1 aromatic rings. The van der Waals surface area contributed by atoms with E-state index in [1.54, 1.807) is 13.3 Å². The zero-order valence-electron chi connectivity index (χ0n) is 15.8. The van der Waals surface area contributed by atoms with E-state index in [9.17, 15) is 4.79 Å². The summed E-state index contributed by atoms with van der Waals surface area (Å²) in [5.41, 5.74) is 0. The van der Waals surface area contributed by atoms with Gasteiger partial charge in [-0.2, -0.15) is 0 Å². The Balaban J connectivity index is 0.00000338. The van der Waals surface area contributed by atoms with Crippen molar-refractivity contribution in [1.82, 2.24) is 20.9 Å². The number of aliphatic imine (C=N–C) groups is 1. The molecule has 1 aliphatic heterocycles. The Hall–Kier alpha value is -1.29. The number of rotatable bonds is 8. The number of likely N-dealkylation sites (tertiary alicyclic amines) is 1. The van der Waals surface area contributed by atoms with E-state index in [-0.39, 0.29) is 29.9 Å². The number of amides is 1. The molecule has 0 bridgehead atoms. The summed E-state index contributed by atoms with van der Waals surface area (Å²) in [6.45, 7) is 5.97. The molecule has 0 atom stereocenters. The van der Waals surface area contributed by atoms with E-state index in [0.717, 1.165) is 63.6 Å². The largest absolute Gasteiger partial charge is 0.469 e. The van der Waals surface area contributed by atoms with Crippen molar-refractivity contribution in [3.8, 4) is 0 Å². The number of piperidine rings is 1. The number of hydrogen-bond donors (Lipinski definition) is 3. The van der Waals surface area contributed by atoms with Crippen molar-refractivity contribution in [3.05, 3.63) is 24.2 Å². The molecule has 1 saturated heterocycles. The number of nitrogens with zero attached hydrogens (tertiary/aromatic N) is 2. The number of nitrogens with one attached hydrogen (secondary N) is 3. The Bertz CT molecular complexity index is 528. The molecule has 1 amide bonds. The predicted octanol–water partition coefficient (Wildman–Crippen LogP) is 1.60. The fourth-order valence-corrected chi connectivity index (χ4v) is 2.91. The van der Waals surface area contributed by atoms with Crippen molar-refractivity contribution in [2.75, 3.05) is 39.8 Å². The summed E-state index contributed by atoms with van der Waals surface area (Å²) in [6, 6.07) is 4.27. The summed E-state index contributed by atoms with van der Waals surface area (Å²) < 4.78 is 5.33. The first-order valence-electron chi connectivity index (χ1n) is 9.20. The zero-order chi connectivity index (χ0) is 17.9. The van der Waals surface area contributed by atoms with Crippen LogP contribution >= 0.6 is 24.0 Å². The van der Waals surface area contributed by atoms with Gasteiger partial charge in [0.15, 0.2) is 5.96 Å². The first kappa shape index (κ1) is 22.8. The maximum Gasteiger partial charge on any atom is 0.234 e. The van der Waals surface area contributed by atoms with Crippen molar-refractivity contribution in [1.29, 1.82) is 0 Å². The number of halogens is 1. The lowest BCUT2D eigenvalue weighted by atomic mass is 10.1. The van der Waals surface area contributed by atoms with Crippen LogP contribution in [0.2, 0.25) is 0 Å². The average Bonchev–Trinajstić information content (AvgIpc) is 3.14. The summed E-state index contributed by atoms with van der Waals surface area (Å²) in [5.74, 6) is 1.92. The van der Waals surface area contributed by atoms with Crippen LogP contribution in [0.4, 0.5) is 0 Å². The quantitative estimate of drug-likeness (QED) is 0.301. The lowest BCUT2D eigenvalue weighted by Crippen LogP contribution is -2.50. The molecule has 0 aliphatic carbocycles. The zero-order valence-corrected chi connectivity index (χ0v) is 18.1. The monoisotopic (exact) mass is 477 g/mol. The normalized spacial score (nSPS) is 16.0. The van der Waals surface area contributed by atoms with E-state index < -0.39 is 0 Å². The molecule has 0 saturated carbocycles. The van der Waals surface area contributed by atoms with Gasteiger partial charge in [-0.25, -0.2) is 0 Å². The van der Waals surface area contributed by atoms with E-state index in [4.69, 9.17) is 4.42 Å². The van der Waals surface area contributed by atoms with Gasteiger partial charge >= 0.3 is 0 Å². The lowest BCUT2D eigenvalue weighted by molar-refractivity contribution is -0.122. The van der Waals surface area contributed by atoms with Crippen molar-refractivity contribution in [3.63, 3.8) is 0 Å². The summed E-state index contributed by atoms with van der Waals surface area (Å²) in [6.07, 6.45) is 5.53. The van der Waals surface area contributed by atoms with Crippen molar-refractivity contribution in [2.45, 2.75) is 38.6 Å².